The highest BCUT2D eigenvalue weighted by Crippen LogP contribution is 2.69. The van der Waals surface area contributed by atoms with Crippen LogP contribution < -0.4 is 0 Å². The lowest BCUT2D eigenvalue weighted by molar-refractivity contribution is -0.185. The highest BCUT2D eigenvalue weighted by molar-refractivity contribution is 5.12. The first-order chi connectivity index (χ1) is 13.0. The Kier molecular flexibility index (Phi) is 5.71. The van der Waals surface area contributed by atoms with Gasteiger partial charge in [0.15, 0.2) is 0 Å². The van der Waals surface area contributed by atoms with Gasteiger partial charge in [0.1, 0.15) is 0 Å². The number of aliphatic hydroxyl groups is 2. The largest absolute Gasteiger partial charge is 0.396 e. The molecule has 0 aromatic carbocycles. The first kappa shape index (κ1) is 20.2. The molecule has 4 saturated carbocycles. The lowest BCUT2D eigenvalue weighted by Gasteiger charge is -2.64. The number of aliphatic hydroxyl groups excluding tert-OH is 2. The van der Waals surface area contributed by atoms with Gasteiger partial charge in [-0.15, -0.1) is 0 Å². The summed E-state index contributed by atoms with van der Waals surface area (Å²) in [5, 5.41) is 20.7. The Hall–Kier alpha value is -0.0800. The van der Waals surface area contributed by atoms with Crippen LogP contribution in [0.1, 0.15) is 97.8 Å². The van der Waals surface area contributed by atoms with Gasteiger partial charge >= 0.3 is 0 Å². The van der Waals surface area contributed by atoms with E-state index < -0.39 is 0 Å². The first-order valence-corrected chi connectivity index (χ1v) is 12.2. The Morgan fingerprint density at radius 2 is 1.78 bits per heavy atom. The zero-order valence-corrected chi connectivity index (χ0v) is 18.1. The molecule has 4 aliphatic carbocycles. The van der Waals surface area contributed by atoms with Crippen molar-refractivity contribution in [3.63, 3.8) is 0 Å². The van der Waals surface area contributed by atoms with Gasteiger partial charge in [-0.2, -0.15) is 0 Å². The van der Waals surface area contributed by atoms with Crippen LogP contribution in [-0.4, -0.2) is 22.9 Å². The van der Waals surface area contributed by atoms with Gasteiger partial charge in [0.05, 0.1) is 6.10 Å². The molecule has 0 bridgehead atoms. The molecular formula is C25H44O2. The molecule has 0 radical (unpaired) electrons. The highest BCUT2D eigenvalue weighted by atomic mass is 16.3. The van der Waals surface area contributed by atoms with Gasteiger partial charge in [-0.25, -0.2) is 0 Å². The summed E-state index contributed by atoms with van der Waals surface area (Å²) in [4.78, 5) is 0. The van der Waals surface area contributed by atoms with Crippen LogP contribution in [0, 0.1) is 46.3 Å². The fourth-order valence-electron chi connectivity index (χ4n) is 9.23. The van der Waals surface area contributed by atoms with Gasteiger partial charge in [0.25, 0.3) is 0 Å². The zero-order chi connectivity index (χ0) is 19.2. The molecule has 8 unspecified atom stereocenters. The Balaban J connectivity index is 1.61. The molecule has 27 heavy (non-hydrogen) atoms. The second-order valence-corrected chi connectivity index (χ2v) is 11.3. The van der Waals surface area contributed by atoms with E-state index in [1.807, 2.05) is 0 Å². The minimum Gasteiger partial charge on any atom is -0.396 e. The number of rotatable bonds is 5. The quantitative estimate of drug-likeness (QED) is 0.595. The van der Waals surface area contributed by atoms with E-state index in [-0.39, 0.29) is 6.10 Å². The van der Waals surface area contributed by atoms with Crippen LogP contribution in [-0.2, 0) is 0 Å². The number of hydrogen-bond acceptors (Lipinski definition) is 2. The van der Waals surface area contributed by atoms with Gasteiger partial charge in [0, 0.05) is 6.61 Å². The zero-order valence-electron chi connectivity index (χ0n) is 18.1. The fourth-order valence-corrected chi connectivity index (χ4v) is 9.23. The normalized spacial score (nSPS) is 52.1. The van der Waals surface area contributed by atoms with Gasteiger partial charge < -0.3 is 10.2 Å². The van der Waals surface area contributed by atoms with E-state index in [0.717, 1.165) is 48.9 Å². The molecule has 0 aliphatic heterocycles. The summed E-state index contributed by atoms with van der Waals surface area (Å²) in [5.74, 6) is 4.66. The van der Waals surface area contributed by atoms with Crippen LogP contribution in [0.3, 0.4) is 0 Å². The van der Waals surface area contributed by atoms with E-state index in [1.165, 1.54) is 57.8 Å². The van der Waals surface area contributed by atoms with E-state index >= 15 is 0 Å². The summed E-state index contributed by atoms with van der Waals surface area (Å²) in [5.41, 5.74) is 0.726. The average molecular weight is 377 g/mol. The molecule has 0 spiro atoms. The standard InChI is InChI=1S/C25H44O2/c1-4-17-15-19-21-12-11-18(9-6-8-14-26)25(21,3)16-22(27)23(19)24(2)13-7-5-10-20(17)24/h17-23,26-27H,4-16H2,1-3H3/t17-,18?,19?,20?,21?,22?,23?,24?,25?/m0/s1. The molecule has 2 nitrogen and oxygen atoms in total. The molecule has 0 aromatic heterocycles. The number of hydrogen-bond donors (Lipinski definition) is 2. The van der Waals surface area contributed by atoms with Crippen molar-refractivity contribution in [1.82, 2.24) is 0 Å². The van der Waals surface area contributed by atoms with Crippen molar-refractivity contribution in [1.29, 1.82) is 0 Å². The van der Waals surface area contributed by atoms with E-state index in [9.17, 15) is 10.2 Å². The van der Waals surface area contributed by atoms with E-state index in [0.29, 0.717) is 23.4 Å². The second-order valence-electron chi connectivity index (χ2n) is 11.3. The summed E-state index contributed by atoms with van der Waals surface area (Å²) in [6.45, 7) is 7.86. The van der Waals surface area contributed by atoms with Crippen molar-refractivity contribution in [2.24, 2.45) is 46.3 Å². The van der Waals surface area contributed by atoms with Crippen LogP contribution in [0.4, 0.5) is 0 Å². The van der Waals surface area contributed by atoms with Gasteiger partial charge in [-0.3, -0.25) is 0 Å². The topological polar surface area (TPSA) is 40.5 Å². The molecule has 4 fully saturated rings. The Morgan fingerprint density at radius 1 is 0.963 bits per heavy atom. The summed E-state index contributed by atoms with van der Waals surface area (Å²) in [6.07, 6.45) is 15.4. The summed E-state index contributed by atoms with van der Waals surface area (Å²) in [6, 6.07) is 0. The maximum absolute atomic E-state index is 11.5. The van der Waals surface area contributed by atoms with E-state index in [1.54, 1.807) is 0 Å². The molecule has 9 atom stereocenters. The van der Waals surface area contributed by atoms with Crippen LogP contribution in [0.2, 0.25) is 0 Å². The Morgan fingerprint density at radius 3 is 2.52 bits per heavy atom. The second kappa shape index (κ2) is 7.63. The van der Waals surface area contributed by atoms with Crippen LogP contribution in [0.5, 0.6) is 0 Å². The Bertz CT molecular complexity index is 518. The molecule has 4 aliphatic rings. The molecule has 2 N–H and O–H groups in total. The molecular weight excluding hydrogens is 332 g/mol. The SMILES string of the molecule is CC[C@H]1CC2C3CCC(CCCCO)C3(C)CC(O)C2C2(C)CCCCC12. The van der Waals surface area contributed by atoms with Crippen molar-refractivity contribution in [2.75, 3.05) is 6.61 Å². The van der Waals surface area contributed by atoms with Crippen molar-refractivity contribution in [2.45, 2.75) is 104 Å². The third kappa shape index (κ3) is 3.12. The minimum absolute atomic E-state index is 0.0851. The maximum atomic E-state index is 11.5. The van der Waals surface area contributed by atoms with Gasteiger partial charge in [-0.05, 0) is 97.7 Å². The molecule has 2 heteroatoms. The third-order valence-corrected chi connectivity index (χ3v) is 10.4. The van der Waals surface area contributed by atoms with E-state index in [4.69, 9.17) is 0 Å². The minimum atomic E-state index is -0.0851. The molecule has 0 saturated heterocycles. The van der Waals surface area contributed by atoms with Crippen molar-refractivity contribution >= 4 is 0 Å². The summed E-state index contributed by atoms with van der Waals surface area (Å²) >= 11 is 0. The summed E-state index contributed by atoms with van der Waals surface area (Å²) < 4.78 is 0. The fraction of sp³-hybridized carbons (Fsp3) is 1.00. The number of fused-ring (bicyclic) bond motifs is 5. The lowest BCUT2D eigenvalue weighted by Crippen LogP contribution is -2.60. The van der Waals surface area contributed by atoms with Crippen molar-refractivity contribution in [3.8, 4) is 0 Å². The predicted octanol–water partition coefficient (Wildman–Crippen LogP) is 5.80. The predicted molar refractivity (Wildman–Crippen MR) is 111 cm³/mol. The first-order valence-electron chi connectivity index (χ1n) is 12.2. The van der Waals surface area contributed by atoms with Crippen LogP contribution in [0.25, 0.3) is 0 Å². The third-order valence-electron chi connectivity index (χ3n) is 10.4. The lowest BCUT2D eigenvalue weighted by atomic mass is 9.42. The van der Waals surface area contributed by atoms with Gasteiger partial charge in [0.2, 0.25) is 0 Å². The molecule has 0 heterocycles. The average Bonchev–Trinajstić information content (AvgIpc) is 2.96. The smallest absolute Gasteiger partial charge is 0.0581 e. The van der Waals surface area contributed by atoms with Gasteiger partial charge in [-0.1, -0.05) is 46.5 Å². The van der Waals surface area contributed by atoms with E-state index in [2.05, 4.69) is 20.8 Å². The molecule has 156 valence electrons. The molecule has 4 rings (SSSR count). The molecule has 0 amide bonds. The van der Waals surface area contributed by atoms with Crippen LogP contribution in [0.15, 0.2) is 0 Å². The van der Waals surface area contributed by atoms with Crippen LogP contribution >= 0.6 is 0 Å². The highest BCUT2D eigenvalue weighted by Gasteiger charge is 2.63. The maximum Gasteiger partial charge on any atom is 0.0581 e. The monoisotopic (exact) mass is 376 g/mol. The molecule has 0 aromatic rings. The van der Waals surface area contributed by atoms with Crippen molar-refractivity contribution < 1.29 is 10.2 Å². The Labute approximate surface area is 167 Å². The van der Waals surface area contributed by atoms with Crippen molar-refractivity contribution in [3.05, 3.63) is 0 Å². The number of unbranched alkanes of at least 4 members (excludes halogenated alkanes) is 1. The summed E-state index contributed by atoms with van der Waals surface area (Å²) in [7, 11) is 0.